The number of rotatable bonds is 9. The van der Waals surface area contributed by atoms with Gasteiger partial charge in [-0.05, 0) is 57.0 Å². The van der Waals surface area contributed by atoms with Crippen molar-refractivity contribution in [3.05, 3.63) is 45.8 Å². The van der Waals surface area contributed by atoms with Crippen molar-refractivity contribution >= 4 is 56.8 Å². The molecule has 1 amide bonds. The summed E-state index contributed by atoms with van der Waals surface area (Å²) < 4.78 is 15.5. The molecule has 1 aromatic carbocycles. The minimum absolute atomic E-state index is 0.0653. The van der Waals surface area contributed by atoms with Gasteiger partial charge < -0.3 is 19.5 Å². The molecule has 0 bridgehead atoms. The maximum absolute atomic E-state index is 12.7. The number of amides is 1. The molecule has 0 aliphatic rings. The largest absolute Gasteiger partial charge is 0.497 e. The lowest BCUT2D eigenvalue weighted by atomic mass is 10.1. The number of carbonyl (C=O) groups excluding carboxylic acids is 3. The zero-order valence-corrected chi connectivity index (χ0v) is 21.3. The van der Waals surface area contributed by atoms with E-state index in [2.05, 4.69) is 10.3 Å². The Kier molecular flexibility index (Phi) is 8.51. The van der Waals surface area contributed by atoms with Crippen LogP contribution in [-0.4, -0.2) is 48.9 Å². The van der Waals surface area contributed by atoms with Gasteiger partial charge in [0.05, 0.1) is 42.2 Å². The summed E-state index contributed by atoms with van der Waals surface area (Å²) >= 11 is 2.27. The molecule has 0 atom stereocenters. The number of carbonyl (C=O) groups is 3. The Hall–Kier alpha value is -3.11. The Labute approximate surface area is 206 Å². The second kappa shape index (κ2) is 11.3. The van der Waals surface area contributed by atoms with Crippen LogP contribution in [0.15, 0.2) is 29.3 Å². The monoisotopic (exact) mass is 502 g/mol. The fourth-order valence-electron chi connectivity index (χ4n) is 3.30. The molecular weight excluding hydrogens is 476 g/mol. The number of benzene rings is 1. The molecule has 0 spiro atoms. The van der Waals surface area contributed by atoms with Crippen LogP contribution in [0.2, 0.25) is 0 Å². The van der Waals surface area contributed by atoms with Crippen LogP contribution >= 0.6 is 23.1 Å². The Bertz CT molecular complexity index is 1240. The summed E-state index contributed by atoms with van der Waals surface area (Å²) in [5, 5.41) is 4.71. The number of nitrogens with one attached hydrogen (secondary N) is 1. The maximum atomic E-state index is 12.7. The number of ether oxygens (including phenoxy) is 3. The molecule has 3 rings (SSSR count). The van der Waals surface area contributed by atoms with Gasteiger partial charge in [-0.2, -0.15) is 0 Å². The van der Waals surface area contributed by atoms with Crippen molar-refractivity contribution in [2.45, 2.75) is 32.7 Å². The molecule has 0 aliphatic heterocycles. The van der Waals surface area contributed by atoms with Crippen molar-refractivity contribution in [2.75, 3.05) is 31.4 Å². The summed E-state index contributed by atoms with van der Waals surface area (Å²) in [6.45, 7) is 7.38. The lowest BCUT2D eigenvalue weighted by Gasteiger charge is -2.09. The zero-order chi connectivity index (χ0) is 24.8. The number of pyridine rings is 1. The van der Waals surface area contributed by atoms with Crippen LogP contribution in [0.3, 0.4) is 0 Å². The Morgan fingerprint density at radius 3 is 2.44 bits per heavy atom. The van der Waals surface area contributed by atoms with Crippen LogP contribution in [0, 0.1) is 13.8 Å². The molecule has 180 valence electrons. The highest BCUT2D eigenvalue weighted by Crippen LogP contribution is 2.35. The number of hydrogen-bond acceptors (Lipinski definition) is 9. The Morgan fingerprint density at radius 2 is 1.76 bits per heavy atom. The Balaban J connectivity index is 1.79. The number of methoxy groups -OCH3 is 1. The first kappa shape index (κ1) is 25.5. The van der Waals surface area contributed by atoms with Gasteiger partial charge in [-0.3, -0.25) is 4.79 Å². The first-order valence-corrected chi connectivity index (χ1v) is 12.4. The van der Waals surface area contributed by atoms with E-state index in [-0.39, 0.29) is 40.3 Å². The second-order valence-electron chi connectivity index (χ2n) is 7.20. The molecule has 0 saturated heterocycles. The minimum atomic E-state index is -0.601. The van der Waals surface area contributed by atoms with Crippen molar-refractivity contribution in [3.8, 4) is 5.75 Å². The third-order valence-electron chi connectivity index (χ3n) is 4.89. The second-order valence-corrected chi connectivity index (χ2v) is 9.21. The van der Waals surface area contributed by atoms with E-state index < -0.39 is 11.9 Å². The minimum Gasteiger partial charge on any atom is -0.497 e. The van der Waals surface area contributed by atoms with E-state index in [1.165, 1.54) is 11.8 Å². The van der Waals surface area contributed by atoms with Gasteiger partial charge >= 0.3 is 11.9 Å². The van der Waals surface area contributed by atoms with Gasteiger partial charge in [0.1, 0.15) is 15.6 Å². The molecule has 0 fully saturated rings. The van der Waals surface area contributed by atoms with E-state index in [9.17, 15) is 14.4 Å². The van der Waals surface area contributed by atoms with Crippen molar-refractivity contribution in [1.29, 1.82) is 0 Å². The van der Waals surface area contributed by atoms with E-state index in [1.54, 1.807) is 27.9 Å². The molecule has 0 aliphatic carbocycles. The van der Waals surface area contributed by atoms with Crippen LogP contribution in [0.25, 0.3) is 10.9 Å². The molecule has 8 nitrogen and oxygen atoms in total. The highest BCUT2D eigenvalue weighted by atomic mass is 32.2. The predicted octanol–water partition coefficient (Wildman–Crippen LogP) is 5.01. The van der Waals surface area contributed by atoms with Crippen molar-refractivity contribution in [2.24, 2.45) is 0 Å². The smallest absolute Gasteiger partial charge is 0.348 e. The van der Waals surface area contributed by atoms with Crippen LogP contribution in [0.4, 0.5) is 5.00 Å². The molecular formula is C24H26N2O6S2. The van der Waals surface area contributed by atoms with E-state index in [0.717, 1.165) is 27.8 Å². The third kappa shape index (κ3) is 5.68. The number of aryl methyl sites for hydroxylation is 1. The van der Waals surface area contributed by atoms with Crippen LogP contribution in [0.5, 0.6) is 5.75 Å². The maximum Gasteiger partial charge on any atom is 0.348 e. The number of thiophene rings is 1. The average Bonchev–Trinajstić information content (AvgIpc) is 3.13. The summed E-state index contributed by atoms with van der Waals surface area (Å²) in [4.78, 5) is 42.4. The summed E-state index contributed by atoms with van der Waals surface area (Å²) in [6.07, 6.45) is 0. The van der Waals surface area contributed by atoms with E-state index in [0.29, 0.717) is 16.3 Å². The topological polar surface area (TPSA) is 104 Å². The van der Waals surface area contributed by atoms with Crippen molar-refractivity contribution < 1.29 is 28.6 Å². The number of aromatic nitrogens is 1. The normalized spacial score (nSPS) is 10.7. The average molecular weight is 503 g/mol. The first-order valence-electron chi connectivity index (χ1n) is 10.6. The molecule has 0 saturated carbocycles. The van der Waals surface area contributed by atoms with E-state index >= 15 is 0 Å². The third-order valence-corrected chi connectivity index (χ3v) is 6.99. The lowest BCUT2D eigenvalue weighted by Crippen LogP contribution is -2.16. The SMILES string of the molecule is CCOC(=O)c1sc(NC(=O)CSc2cc(C)c3ccc(OC)cc3n2)c(C(=O)OCC)c1C. The number of fused-ring (bicyclic) bond motifs is 1. The number of hydrogen-bond donors (Lipinski definition) is 1. The van der Waals surface area contributed by atoms with Gasteiger partial charge in [-0.1, -0.05) is 11.8 Å². The van der Waals surface area contributed by atoms with Crippen LogP contribution in [0.1, 0.15) is 45.0 Å². The van der Waals surface area contributed by atoms with E-state index in [4.69, 9.17) is 14.2 Å². The zero-order valence-electron chi connectivity index (χ0n) is 19.6. The molecule has 0 unspecified atom stereocenters. The van der Waals surface area contributed by atoms with E-state index in [1.807, 2.05) is 31.2 Å². The number of thioether (sulfide) groups is 1. The number of nitrogens with zero attached hydrogens (tertiary/aromatic N) is 1. The van der Waals surface area contributed by atoms with Crippen molar-refractivity contribution in [3.63, 3.8) is 0 Å². The molecule has 2 heterocycles. The molecule has 34 heavy (non-hydrogen) atoms. The summed E-state index contributed by atoms with van der Waals surface area (Å²) in [5.41, 5.74) is 2.40. The molecule has 3 aromatic rings. The highest BCUT2D eigenvalue weighted by molar-refractivity contribution is 7.99. The number of anilines is 1. The van der Waals surface area contributed by atoms with Crippen LogP contribution in [-0.2, 0) is 14.3 Å². The fraction of sp³-hybridized carbons (Fsp3) is 0.333. The fourth-order valence-corrected chi connectivity index (χ4v) is 5.18. The molecule has 2 aromatic heterocycles. The van der Waals surface area contributed by atoms with Gasteiger partial charge in [0.2, 0.25) is 5.91 Å². The lowest BCUT2D eigenvalue weighted by molar-refractivity contribution is -0.113. The summed E-state index contributed by atoms with van der Waals surface area (Å²) in [7, 11) is 1.60. The summed E-state index contributed by atoms with van der Waals surface area (Å²) in [6, 6.07) is 7.61. The summed E-state index contributed by atoms with van der Waals surface area (Å²) in [5.74, 6) is -0.712. The van der Waals surface area contributed by atoms with Gasteiger partial charge in [0.25, 0.3) is 0 Å². The Morgan fingerprint density at radius 1 is 1.06 bits per heavy atom. The van der Waals surface area contributed by atoms with Crippen molar-refractivity contribution in [1.82, 2.24) is 4.98 Å². The standard InChI is InChI=1S/C24H26N2O6S2/c1-6-31-23(28)20-14(4)21(24(29)32-7-2)34-22(20)26-18(27)12-33-19-10-13(3)16-9-8-15(30-5)11-17(16)25-19/h8-11H,6-7,12H2,1-5H3,(H,26,27). The number of esters is 2. The first-order chi connectivity index (χ1) is 16.3. The van der Waals surface area contributed by atoms with Gasteiger partial charge in [0, 0.05) is 11.5 Å². The van der Waals surface area contributed by atoms with Gasteiger partial charge in [0.15, 0.2) is 0 Å². The highest BCUT2D eigenvalue weighted by Gasteiger charge is 2.27. The van der Waals surface area contributed by atoms with Gasteiger partial charge in [-0.25, -0.2) is 14.6 Å². The molecule has 1 N–H and O–H groups in total. The molecule has 10 heteroatoms. The molecule has 0 radical (unpaired) electrons. The van der Waals surface area contributed by atoms with Gasteiger partial charge in [-0.15, -0.1) is 11.3 Å². The quantitative estimate of drug-likeness (QED) is 0.322. The van der Waals surface area contributed by atoms with Crippen LogP contribution < -0.4 is 10.1 Å². The predicted molar refractivity (Wildman–Crippen MR) is 133 cm³/mol.